The zero-order valence-corrected chi connectivity index (χ0v) is 8.23. The standard InChI is InChI=1S/C10H12N2O2/c1-3-14-9(13)12-7-5-4-6-10(12,2)8-11/h4-7H,3H2,1-2H3. The molecular formula is C10H12N2O2. The van der Waals surface area contributed by atoms with Crippen molar-refractivity contribution in [2.45, 2.75) is 19.4 Å². The molecule has 1 atom stereocenters. The monoisotopic (exact) mass is 192 g/mol. The zero-order chi connectivity index (χ0) is 10.6. The first-order valence-corrected chi connectivity index (χ1v) is 4.37. The fourth-order valence-corrected chi connectivity index (χ4v) is 1.15. The maximum Gasteiger partial charge on any atom is 0.415 e. The van der Waals surface area contributed by atoms with Crippen LogP contribution in [0.1, 0.15) is 13.8 Å². The van der Waals surface area contributed by atoms with Crippen LogP contribution in [0.5, 0.6) is 0 Å². The van der Waals surface area contributed by atoms with E-state index in [9.17, 15) is 4.79 Å². The van der Waals surface area contributed by atoms with E-state index in [1.165, 1.54) is 4.90 Å². The minimum atomic E-state index is -0.943. The lowest BCUT2D eigenvalue weighted by Gasteiger charge is -2.31. The Morgan fingerprint density at radius 2 is 2.36 bits per heavy atom. The van der Waals surface area contributed by atoms with E-state index < -0.39 is 11.6 Å². The van der Waals surface area contributed by atoms with E-state index in [-0.39, 0.29) is 0 Å². The van der Waals surface area contributed by atoms with E-state index in [2.05, 4.69) is 6.07 Å². The molecule has 0 aromatic rings. The molecule has 0 aromatic carbocycles. The second kappa shape index (κ2) is 3.97. The van der Waals surface area contributed by atoms with Crippen molar-refractivity contribution < 1.29 is 9.53 Å². The Kier molecular flexibility index (Phi) is 2.92. The van der Waals surface area contributed by atoms with E-state index >= 15 is 0 Å². The number of amides is 1. The molecule has 0 radical (unpaired) electrons. The van der Waals surface area contributed by atoms with E-state index in [1.54, 1.807) is 38.3 Å². The van der Waals surface area contributed by atoms with Crippen LogP contribution in [0, 0.1) is 11.3 Å². The van der Waals surface area contributed by atoms with Crippen LogP contribution in [-0.2, 0) is 4.74 Å². The molecule has 0 spiro atoms. The van der Waals surface area contributed by atoms with E-state index in [1.807, 2.05) is 0 Å². The molecule has 1 aliphatic rings. The third-order valence-electron chi connectivity index (χ3n) is 1.96. The summed E-state index contributed by atoms with van der Waals surface area (Å²) in [6.45, 7) is 3.68. The summed E-state index contributed by atoms with van der Waals surface area (Å²) in [4.78, 5) is 12.7. The van der Waals surface area contributed by atoms with Gasteiger partial charge in [0.15, 0.2) is 5.54 Å². The summed E-state index contributed by atoms with van der Waals surface area (Å²) in [7, 11) is 0. The van der Waals surface area contributed by atoms with Crippen LogP contribution in [-0.4, -0.2) is 23.1 Å². The van der Waals surface area contributed by atoms with Crippen LogP contribution in [0.4, 0.5) is 4.79 Å². The second-order valence-corrected chi connectivity index (χ2v) is 3.03. The highest BCUT2D eigenvalue weighted by Crippen LogP contribution is 2.21. The highest BCUT2D eigenvalue weighted by Gasteiger charge is 2.33. The van der Waals surface area contributed by atoms with Crippen LogP contribution in [0.25, 0.3) is 0 Å². The van der Waals surface area contributed by atoms with E-state index in [0.717, 1.165) is 0 Å². The molecule has 0 aromatic heterocycles. The fourth-order valence-electron chi connectivity index (χ4n) is 1.15. The molecule has 4 heteroatoms. The summed E-state index contributed by atoms with van der Waals surface area (Å²) in [5.41, 5.74) is -0.943. The van der Waals surface area contributed by atoms with Crippen LogP contribution in [0.3, 0.4) is 0 Å². The molecular weight excluding hydrogens is 180 g/mol. The minimum absolute atomic E-state index is 0.300. The summed E-state index contributed by atoms with van der Waals surface area (Å²) in [5, 5.41) is 8.95. The Balaban J connectivity index is 2.87. The SMILES string of the molecule is CCOC(=O)N1C=CC=CC1(C)C#N. The lowest BCUT2D eigenvalue weighted by atomic mass is 10.0. The van der Waals surface area contributed by atoms with Gasteiger partial charge < -0.3 is 4.74 Å². The number of nitrogens with zero attached hydrogens (tertiary/aromatic N) is 2. The zero-order valence-electron chi connectivity index (χ0n) is 8.23. The van der Waals surface area contributed by atoms with Crippen molar-refractivity contribution in [1.82, 2.24) is 4.90 Å². The molecule has 0 N–H and O–H groups in total. The number of carbonyl (C=O) groups excluding carboxylic acids is 1. The number of hydrogen-bond acceptors (Lipinski definition) is 3. The maximum absolute atomic E-state index is 11.4. The highest BCUT2D eigenvalue weighted by atomic mass is 16.6. The molecule has 4 nitrogen and oxygen atoms in total. The van der Waals surface area contributed by atoms with Gasteiger partial charge in [-0.15, -0.1) is 0 Å². The Labute approximate surface area is 83.1 Å². The van der Waals surface area contributed by atoms with Crippen LogP contribution >= 0.6 is 0 Å². The lowest BCUT2D eigenvalue weighted by molar-refractivity contribution is 0.108. The van der Waals surface area contributed by atoms with E-state index in [0.29, 0.717) is 6.61 Å². The Morgan fingerprint density at radius 1 is 1.64 bits per heavy atom. The van der Waals surface area contributed by atoms with Gasteiger partial charge >= 0.3 is 6.09 Å². The predicted octanol–water partition coefficient (Wildman–Crippen LogP) is 1.81. The third kappa shape index (κ3) is 1.77. The van der Waals surface area contributed by atoms with Crippen LogP contribution in [0.2, 0.25) is 0 Å². The van der Waals surface area contributed by atoms with Crippen molar-refractivity contribution in [1.29, 1.82) is 5.26 Å². The van der Waals surface area contributed by atoms with Crippen molar-refractivity contribution in [2.75, 3.05) is 6.61 Å². The minimum Gasteiger partial charge on any atom is -0.449 e. The van der Waals surface area contributed by atoms with Gasteiger partial charge in [-0.3, -0.25) is 4.90 Å². The highest BCUT2D eigenvalue weighted by molar-refractivity contribution is 5.72. The van der Waals surface area contributed by atoms with Crippen molar-refractivity contribution in [2.24, 2.45) is 0 Å². The van der Waals surface area contributed by atoms with Crippen molar-refractivity contribution in [3.63, 3.8) is 0 Å². The summed E-state index contributed by atoms with van der Waals surface area (Å²) in [5.74, 6) is 0. The molecule has 1 unspecified atom stereocenters. The molecule has 0 saturated heterocycles. The van der Waals surface area contributed by atoms with Gasteiger partial charge in [-0.2, -0.15) is 5.26 Å². The number of ether oxygens (including phenoxy) is 1. The summed E-state index contributed by atoms with van der Waals surface area (Å²) >= 11 is 0. The predicted molar refractivity (Wildman–Crippen MR) is 51.2 cm³/mol. The number of rotatable bonds is 1. The lowest BCUT2D eigenvalue weighted by Crippen LogP contribution is -2.45. The topological polar surface area (TPSA) is 53.3 Å². The largest absolute Gasteiger partial charge is 0.449 e. The van der Waals surface area contributed by atoms with Gasteiger partial charge in [-0.05, 0) is 26.0 Å². The molecule has 1 aliphatic heterocycles. The van der Waals surface area contributed by atoms with Gasteiger partial charge in [0.1, 0.15) is 0 Å². The summed E-state index contributed by atoms with van der Waals surface area (Å²) in [6.07, 6.45) is 6.12. The fraction of sp³-hybridized carbons (Fsp3) is 0.400. The van der Waals surface area contributed by atoms with Crippen molar-refractivity contribution in [3.8, 4) is 6.07 Å². The van der Waals surface area contributed by atoms with Gasteiger partial charge in [-0.1, -0.05) is 6.08 Å². The molecule has 0 saturated carbocycles. The molecule has 0 bridgehead atoms. The third-order valence-corrected chi connectivity index (χ3v) is 1.96. The smallest absolute Gasteiger partial charge is 0.415 e. The van der Waals surface area contributed by atoms with Crippen molar-refractivity contribution in [3.05, 3.63) is 24.4 Å². The quantitative estimate of drug-likeness (QED) is 0.636. The average Bonchev–Trinajstić information content (AvgIpc) is 2.19. The number of nitriles is 1. The average molecular weight is 192 g/mol. The van der Waals surface area contributed by atoms with Gasteiger partial charge in [-0.25, -0.2) is 4.79 Å². The van der Waals surface area contributed by atoms with Gasteiger partial charge in [0.25, 0.3) is 0 Å². The number of allylic oxidation sites excluding steroid dienone is 2. The van der Waals surface area contributed by atoms with Gasteiger partial charge in [0.2, 0.25) is 0 Å². The maximum atomic E-state index is 11.4. The Hall–Kier alpha value is -1.76. The number of carbonyl (C=O) groups is 1. The number of hydrogen-bond donors (Lipinski definition) is 0. The first kappa shape index (κ1) is 10.3. The molecule has 0 fully saturated rings. The first-order chi connectivity index (χ1) is 6.64. The summed E-state index contributed by atoms with van der Waals surface area (Å²) < 4.78 is 4.83. The van der Waals surface area contributed by atoms with Crippen LogP contribution in [0.15, 0.2) is 24.4 Å². The Morgan fingerprint density at radius 3 is 2.93 bits per heavy atom. The molecule has 1 rings (SSSR count). The van der Waals surface area contributed by atoms with Crippen LogP contribution < -0.4 is 0 Å². The first-order valence-electron chi connectivity index (χ1n) is 4.37. The molecule has 0 aliphatic carbocycles. The second-order valence-electron chi connectivity index (χ2n) is 3.03. The normalized spacial score (nSPS) is 24.5. The van der Waals surface area contributed by atoms with Gasteiger partial charge in [0, 0.05) is 6.20 Å². The molecule has 1 amide bonds. The molecule has 74 valence electrons. The summed E-state index contributed by atoms with van der Waals surface area (Å²) in [6, 6.07) is 2.06. The Bertz CT molecular complexity index is 328. The van der Waals surface area contributed by atoms with Gasteiger partial charge in [0.05, 0.1) is 12.7 Å². The van der Waals surface area contributed by atoms with Crippen molar-refractivity contribution >= 4 is 6.09 Å². The molecule has 1 heterocycles. The van der Waals surface area contributed by atoms with E-state index in [4.69, 9.17) is 10.00 Å². The molecule has 14 heavy (non-hydrogen) atoms.